The van der Waals surface area contributed by atoms with Gasteiger partial charge in [0, 0.05) is 40.0 Å². The summed E-state index contributed by atoms with van der Waals surface area (Å²) < 4.78 is 8.04. The molecule has 0 atom stereocenters. The lowest BCUT2D eigenvalue weighted by molar-refractivity contribution is 0.129. The summed E-state index contributed by atoms with van der Waals surface area (Å²) in [4.78, 5) is 6.68. The molecule has 1 aromatic heterocycles. The van der Waals surface area contributed by atoms with Crippen LogP contribution in [0.1, 0.15) is 24.5 Å². The van der Waals surface area contributed by atoms with Gasteiger partial charge in [0.1, 0.15) is 17.7 Å². The van der Waals surface area contributed by atoms with Crippen molar-refractivity contribution in [2.75, 3.05) is 20.1 Å². The van der Waals surface area contributed by atoms with Crippen molar-refractivity contribution in [2.45, 2.75) is 32.4 Å². The van der Waals surface area contributed by atoms with Gasteiger partial charge in [0.2, 0.25) is 0 Å². The number of aromatic nitrogens is 3. The zero-order valence-corrected chi connectivity index (χ0v) is 15.1. The van der Waals surface area contributed by atoms with Crippen LogP contribution in [0.3, 0.4) is 0 Å². The highest BCUT2D eigenvalue weighted by molar-refractivity contribution is 5.79. The molecule has 2 aromatic rings. The summed E-state index contributed by atoms with van der Waals surface area (Å²) in [5.41, 5.74) is 0. The lowest BCUT2D eigenvalue weighted by Crippen LogP contribution is -2.47. The second kappa shape index (κ2) is 8.00. The summed E-state index contributed by atoms with van der Waals surface area (Å²) in [5, 5.41) is 11.7. The molecule has 7 heteroatoms. The Morgan fingerprint density at radius 1 is 1.24 bits per heavy atom. The molecule has 0 aliphatic carbocycles. The van der Waals surface area contributed by atoms with Gasteiger partial charge in [-0.05, 0) is 19.1 Å². The number of aliphatic imine (C=N–C) groups is 1. The molecule has 3 rings (SSSR count). The van der Waals surface area contributed by atoms with Gasteiger partial charge in [0.05, 0.1) is 6.54 Å². The van der Waals surface area contributed by atoms with E-state index in [4.69, 9.17) is 4.74 Å². The Balaban J connectivity index is 1.49. The summed E-state index contributed by atoms with van der Waals surface area (Å²) in [6.07, 6.45) is 2.23. The minimum Gasteiger partial charge on any atom is -0.490 e. The molecule has 1 fully saturated rings. The van der Waals surface area contributed by atoms with Crippen LogP contribution in [0, 0.1) is 6.92 Å². The Morgan fingerprint density at radius 3 is 2.56 bits per heavy atom. The monoisotopic (exact) mass is 342 g/mol. The van der Waals surface area contributed by atoms with E-state index in [1.54, 1.807) is 0 Å². The van der Waals surface area contributed by atoms with Crippen molar-refractivity contribution in [1.82, 2.24) is 25.0 Å². The van der Waals surface area contributed by atoms with Gasteiger partial charge in [-0.2, -0.15) is 0 Å². The number of ether oxygens (including phenoxy) is 1. The molecule has 1 N–H and O–H groups in total. The van der Waals surface area contributed by atoms with Crippen LogP contribution in [0.2, 0.25) is 0 Å². The highest BCUT2D eigenvalue weighted by Crippen LogP contribution is 2.18. The normalized spacial score (nSPS) is 16.1. The number of hydrogen-bond acceptors (Lipinski definition) is 4. The van der Waals surface area contributed by atoms with Gasteiger partial charge in [-0.15, -0.1) is 10.2 Å². The van der Waals surface area contributed by atoms with E-state index in [9.17, 15) is 0 Å². The summed E-state index contributed by atoms with van der Waals surface area (Å²) >= 11 is 0. The number of rotatable bonds is 4. The minimum absolute atomic E-state index is 0.262. The molecule has 25 heavy (non-hydrogen) atoms. The molecular weight excluding hydrogens is 316 g/mol. The SMILES string of the molecule is CN=C(NCc1nnc(C)n1C)N1CCC(Oc2ccccc2)CC1. The Kier molecular flexibility index (Phi) is 5.53. The van der Waals surface area contributed by atoms with Gasteiger partial charge in [0.15, 0.2) is 11.8 Å². The molecular formula is C18H26N6O. The van der Waals surface area contributed by atoms with Gasteiger partial charge in [-0.1, -0.05) is 18.2 Å². The molecule has 0 saturated carbocycles. The number of benzene rings is 1. The Labute approximate surface area is 148 Å². The molecule has 0 radical (unpaired) electrons. The number of likely N-dealkylation sites (tertiary alicyclic amines) is 1. The zero-order valence-electron chi connectivity index (χ0n) is 15.1. The van der Waals surface area contributed by atoms with Crippen LogP contribution in [0.4, 0.5) is 0 Å². The molecule has 0 spiro atoms. The molecule has 0 unspecified atom stereocenters. The van der Waals surface area contributed by atoms with Crippen molar-refractivity contribution in [2.24, 2.45) is 12.0 Å². The zero-order chi connectivity index (χ0) is 17.6. The van der Waals surface area contributed by atoms with E-state index in [0.717, 1.165) is 49.3 Å². The summed E-state index contributed by atoms with van der Waals surface area (Å²) in [6.45, 7) is 4.41. The van der Waals surface area contributed by atoms with Crippen molar-refractivity contribution in [1.29, 1.82) is 0 Å². The van der Waals surface area contributed by atoms with Gasteiger partial charge in [-0.3, -0.25) is 4.99 Å². The van der Waals surface area contributed by atoms with E-state index in [2.05, 4.69) is 25.4 Å². The number of nitrogens with one attached hydrogen (secondary N) is 1. The predicted octanol–water partition coefficient (Wildman–Crippen LogP) is 1.74. The van der Waals surface area contributed by atoms with Crippen LogP contribution < -0.4 is 10.1 Å². The topological polar surface area (TPSA) is 67.6 Å². The van der Waals surface area contributed by atoms with E-state index in [-0.39, 0.29) is 6.10 Å². The van der Waals surface area contributed by atoms with Crippen LogP contribution in [0.15, 0.2) is 35.3 Å². The number of nitrogens with zero attached hydrogens (tertiary/aromatic N) is 5. The predicted molar refractivity (Wildman–Crippen MR) is 97.6 cm³/mol. The lowest BCUT2D eigenvalue weighted by Gasteiger charge is -2.34. The molecule has 1 saturated heterocycles. The lowest BCUT2D eigenvalue weighted by atomic mass is 10.1. The van der Waals surface area contributed by atoms with E-state index in [0.29, 0.717) is 6.54 Å². The second-order valence-electron chi connectivity index (χ2n) is 6.24. The first-order valence-corrected chi connectivity index (χ1v) is 8.69. The van der Waals surface area contributed by atoms with Crippen LogP contribution in [0.5, 0.6) is 5.75 Å². The molecule has 2 heterocycles. The number of aryl methyl sites for hydroxylation is 1. The highest BCUT2D eigenvalue weighted by atomic mass is 16.5. The number of guanidine groups is 1. The van der Waals surface area contributed by atoms with E-state index < -0.39 is 0 Å². The smallest absolute Gasteiger partial charge is 0.194 e. The number of para-hydroxylation sites is 1. The summed E-state index contributed by atoms with van der Waals surface area (Å²) in [5.74, 6) is 3.66. The Bertz CT molecular complexity index is 704. The molecule has 1 aliphatic heterocycles. The fourth-order valence-electron chi connectivity index (χ4n) is 2.97. The second-order valence-corrected chi connectivity index (χ2v) is 6.24. The fourth-order valence-corrected chi connectivity index (χ4v) is 2.97. The average molecular weight is 342 g/mol. The van der Waals surface area contributed by atoms with Crippen LogP contribution >= 0.6 is 0 Å². The maximum Gasteiger partial charge on any atom is 0.194 e. The number of hydrogen-bond donors (Lipinski definition) is 1. The summed E-state index contributed by atoms with van der Waals surface area (Å²) in [7, 11) is 3.79. The third-order valence-corrected chi connectivity index (χ3v) is 4.59. The summed E-state index contributed by atoms with van der Waals surface area (Å²) in [6, 6.07) is 10.0. The maximum absolute atomic E-state index is 6.06. The van der Waals surface area contributed by atoms with Gasteiger partial charge in [-0.25, -0.2) is 0 Å². The first kappa shape index (κ1) is 17.3. The average Bonchev–Trinajstić information content (AvgIpc) is 2.96. The van der Waals surface area contributed by atoms with Crippen molar-refractivity contribution in [3.8, 4) is 5.75 Å². The maximum atomic E-state index is 6.06. The van der Waals surface area contributed by atoms with Crippen molar-refractivity contribution < 1.29 is 4.74 Å². The third kappa shape index (κ3) is 4.29. The van der Waals surface area contributed by atoms with Gasteiger partial charge < -0.3 is 19.5 Å². The minimum atomic E-state index is 0.262. The molecule has 1 aromatic carbocycles. The molecule has 134 valence electrons. The van der Waals surface area contributed by atoms with Crippen molar-refractivity contribution in [3.05, 3.63) is 42.0 Å². The quantitative estimate of drug-likeness (QED) is 0.677. The van der Waals surface area contributed by atoms with E-state index >= 15 is 0 Å². The molecule has 0 amide bonds. The first-order chi connectivity index (χ1) is 12.2. The van der Waals surface area contributed by atoms with E-state index in [1.807, 2.05) is 55.9 Å². The van der Waals surface area contributed by atoms with Crippen LogP contribution in [-0.4, -0.2) is 51.9 Å². The third-order valence-electron chi connectivity index (χ3n) is 4.59. The number of piperidine rings is 1. The standard InChI is InChI=1S/C18H26N6O/c1-14-21-22-17(23(14)3)13-20-18(19-2)24-11-9-16(10-12-24)25-15-7-5-4-6-8-15/h4-8,16H,9-13H2,1-3H3,(H,19,20). The first-order valence-electron chi connectivity index (χ1n) is 8.69. The highest BCUT2D eigenvalue weighted by Gasteiger charge is 2.22. The van der Waals surface area contributed by atoms with Gasteiger partial charge in [0.25, 0.3) is 0 Å². The van der Waals surface area contributed by atoms with Crippen LogP contribution in [0.25, 0.3) is 0 Å². The molecule has 1 aliphatic rings. The van der Waals surface area contributed by atoms with Crippen molar-refractivity contribution >= 4 is 5.96 Å². The van der Waals surface area contributed by atoms with Crippen molar-refractivity contribution in [3.63, 3.8) is 0 Å². The van der Waals surface area contributed by atoms with Gasteiger partial charge >= 0.3 is 0 Å². The Morgan fingerprint density at radius 2 is 1.96 bits per heavy atom. The van der Waals surface area contributed by atoms with Crippen LogP contribution in [-0.2, 0) is 13.6 Å². The largest absolute Gasteiger partial charge is 0.490 e. The molecule has 7 nitrogen and oxygen atoms in total. The Hall–Kier alpha value is -2.57. The van der Waals surface area contributed by atoms with E-state index in [1.165, 1.54) is 0 Å². The molecule has 0 bridgehead atoms. The fraction of sp³-hybridized carbons (Fsp3) is 0.500.